The standard InChI is InChI=1S/C14H11BrF3NO3/c15-11-7-6-10(22-11)12(20)19-8-13(21,14(16,17)18)9-4-2-1-3-5-9/h1-7,21H,8H2,(H,19,20). The lowest BCUT2D eigenvalue weighted by molar-refractivity contribution is -0.263. The van der Waals surface area contributed by atoms with Crippen LogP contribution in [0.5, 0.6) is 0 Å². The highest BCUT2D eigenvalue weighted by Gasteiger charge is 2.55. The maximum atomic E-state index is 13.2. The van der Waals surface area contributed by atoms with Crippen LogP contribution in [-0.4, -0.2) is 23.7 Å². The molecule has 1 unspecified atom stereocenters. The van der Waals surface area contributed by atoms with E-state index in [1.54, 1.807) is 0 Å². The molecule has 8 heteroatoms. The van der Waals surface area contributed by atoms with Gasteiger partial charge in [-0.3, -0.25) is 4.79 Å². The second-order valence-corrected chi connectivity index (χ2v) is 5.29. The van der Waals surface area contributed by atoms with E-state index in [9.17, 15) is 23.1 Å². The van der Waals surface area contributed by atoms with Gasteiger partial charge in [0.1, 0.15) is 0 Å². The van der Waals surface area contributed by atoms with Crippen LogP contribution in [0.15, 0.2) is 51.6 Å². The molecule has 0 aliphatic rings. The number of rotatable bonds is 4. The van der Waals surface area contributed by atoms with Gasteiger partial charge >= 0.3 is 6.18 Å². The van der Waals surface area contributed by atoms with Crippen molar-refractivity contribution in [2.45, 2.75) is 11.8 Å². The number of amides is 1. The van der Waals surface area contributed by atoms with Crippen molar-refractivity contribution in [3.05, 3.63) is 58.5 Å². The molecule has 118 valence electrons. The fraction of sp³-hybridized carbons (Fsp3) is 0.214. The summed E-state index contributed by atoms with van der Waals surface area (Å²) in [7, 11) is 0. The van der Waals surface area contributed by atoms with Crippen LogP contribution >= 0.6 is 15.9 Å². The Morgan fingerprint density at radius 1 is 1.18 bits per heavy atom. The van der Waals surface area contributed by atoms with Crippen molar-refractivity contribution in [3.8, 4) is 0 Å². The topological polar surface area (TPSA) is 62.5 Å². The number of nitrogens with one attached hydrogen (secondary N) is 1. The first-order chi connectivity index (χ1) is 10.2. The van der Waals surface area contributed by atoms with E-state index >= 15 is 0 Å². The molecule has 0 spiro atoms. The molecule has 1 atom stereocenters. The fourth-order valence-corrected chi connectivity index (χ4v) is 2.12. The first-order valence-corrected chi connectivity index (χ1v) is 6.91. The van der Waals surface area contributed by atoms with Crippen LogP contribution in [0.2, 0.25) is 0 Å². The van der Waals surface area contributed by atoms with Gasteiger partial charge in [-0.2, -0.15) is 13.2 Å². The average molecular weight is 378 g/mol. The molecular formula is C14H11BrF3NO3. The van der Waals surface area contributed by atoms with Crippen LogP contribution in [0.1, 0.15) is 16.1 Å². The molecule has 0 aliphatic carbocycles. The summed E-state index contributed by atoms with van der Waals surface area (Å²) in [4.78, 5) is 11.8. The lowest BCUT2D eigenvalue weighted by atomic mass is 9.93. The van der Waals surface area contributed by atoms with Crippen LogP contribution in [0.4, 0.5) is 13.2 Å². The summed E-state index contributed by atoms with van der Waals surface area (Å²) in [5.41, 5.74) is -3.54. The van der Waals surface area contributed by atoms with Gasteiger partial charge < -0.3 is 14.8 Å². The van der Waals surface area contributed by atoms with Gasteiger partial charge in [0.15, 0.2) is 10.4 Å². The Bertz CT molecular complexity index is 657. The zero-order chi connectivity index (χ0) is 16.4. The van der Waals surface area contributed by atoms with Crippen molar-refractivity contribution in [3.63, 3.8) is 0 Å². The predicted molar refractivity (Wildman–Crippen MR) is 75.1 cm³/mol. The Morgan fingerprint density at radius 2 is 1.82 bits per heavy atom. The van der Waals surface area contributed by atoms with Gasteiger partial charge in [-0.1, -0.05) is 30.3 Å². The van der Waals surface area contributed by atoms with E-state index in [4.69, 9.17) is 4.42 Å². The van der Waals surface area contributed by atoms with Crippen molar-refractivity contribution in [2.24, 2.45) is 0 Å². The number of furan rings is 1. The van der Waals surface area contributed by atoms with E-state index < -0.39 is 24.2 Å². The first-order valence-electron chi connectivity index (χ1n) is 6.12. The quantitative estimate of drug-likeness (QED) is 0.859. The van der Waals surface area contributed by atoms with Crippen LogP contribution < -0.4 is 5.32 Å². The molecule has 2 rings (SSSR count). The third-order valence-corrected chi connectivity index (χ3v) is 3.45. The van der Waals surface area contributed by atoms with Gasteiger partial charge in [-0.15, -0.1) is 0 Å². The summed E-state index contributed by atoms with van der Waals surface area (Å²) in [6.45, 7) is -1.03. The number of carbonyl (C=O) groups is 1. The molecular weight excluding hydrogens is 367 g/mol. The Morgan fingerprint density at radius 3 is 2.32 bits per heavy atom. The molecule has 0 bridgehead atoms. The Balaban J connectivity index is 2.20. The van der Waals surface area contributed by atoms with Crippen LogP contribution in [-0.2, 0) is 5.60 Å². The molecule has 0 radical (unpaired) electrons. The lowest BCUT2D eigenvalue weighted by Crippen LogP contribution is -2.51. The maximum Gasteiger partial charge on any atom is 0.423 e. The van der Waals surface area contributed by atoms with E-state index in [0.717, 1.165) is 12.1 Å². The molecule has 2 aromatic rings. The normalized spacial score (nSPS) is 14.4. The van der Waals surface area contributed by atoms with Gasteiger partial charge in [-0.05, 0) is 33.6 Å². The first kappa shape index (κ1) is 16.6. The predicted octanol–water partition coefficient (Wildman–Crippen LogP) is 3.22. The maximum absolute atomic E-state index is 13.2. The SMILES string of the molecule is O=C(NCC(O)(c1ccccc1)C(F)(F)F)c1ccc(Br)o1. The van der Waals surface area contributed by atoms with E-state index in [0.29, 0.717) is 0 Å². The van der Waals surface area contributed by atoms with Gasteiger partial charge in [0.25, 0.3) is 5.91 Å². The third-order valence-electron chi connectivity index (χ3n) is 3.02. The minimum atomic E-state index is -4.95. The second-order valence-electron chi connectivity index (χ2n) is 4.51. The van der Waals surface area contributed by atoms with E-state index in [1.165, 1.54) is 30.3 Å². The Kier molecular flexibility index (Phi) is 4.62. The lowest BCUT2D eigenvalue weighted by Gasteiger charge is -2.31. The number of alkyl halides is 3. The highest BCUT2D eigenvalue weighted by atomic mass is 79.9. The number of halogens is 4. The minimum absolute atomic E-state index is 0.163. The molecule has 0 fully saturated rings. The summed E-state index contributed by atoms with van der Waals surface area (Å²) >= 11 is 2.98. The number of aliphatic hydroxyl groups is 1. The van der Waals surface area contributed by atoms with E-state index in [-0.39, 0.29) is 16.0 Å². The smallest absolute Gasteiger partial charge is 0.423 e. The van der Waals surface area contributed by atoms with Crippen molar-refractivity contribution < 1.29 is 27.5 Å². The third kappa shape index (κ3) is 3.33. The van der Waals surface area contributed by atoms with Crippen LogP contribution in [0, 0.1) is 0 Å². The van der Waals surface area contributed by atoms with E-state index in [1.807, 2.05) is 5.32 Å². The molecule has 1 aromatic carbocycles. The molecule has 2 N–H and O–H groups in total. The number of benzene rings is 1. The number of hydrogen-bond acceptors (Lipinski definition) is 3. The van der Waals surface area contributed by atoms with Gasteiger partial charge in [0.05, 0.1) is 6.54 Å². The molecule has 1 heterocycles. The average Bonchev–Trinajstić information content (AvgIpc) is 2.91. The fourth-order valence-electron chi connectivity index (χ4n) is 1.81. The van der Waals surface area contributed by atoms with Crippen molar-refractivity contribution >= 4 is 21.8 Å². The number of carbonyl (C=O) groups excluding carboxylic acids is 1. The molecule has 4 nitrogen and oxygen atoms in total. The summed E-state index contributed by atoms with van der Waals surface area (Å²) in [5.74, 6) is -1.02. The van der Waals surface area contributed by atoms with Gasteiger partial charge in [-0.25, -0.2) is 0 Å². The van der Waals surface area contributed by atoms with Crippen molar-refractivity contribution in [1.82, 2.24) is 5.32 Å². The number of hydrogen-bond donors (Lipinski definition) is 2. The Hall–Kier alpha value is -1.80. The molecule has 22 heavy (non-hydrogen) atoms. The van der Waals surface area contributed by atoms with Gasteiger partial charge in [0, 0.05) is 0 Å². The highest BCUT2D eigenvalue weighted by Crippen LogP contribution is 2.38. The zero-order valence-electron chi connectivity index (χ0n) is 11.0. The molecule has 0 saturated carbocycles. The summed E-state index contributed by atoms with van der Waals surface area (Å²) < 4.78 is 44.9. The van der Waals surface area contributed by atoms with Crippen LogP contribution in [0.3, 0.4) is 0 Å². The van der Waals surface area contributed by atoms with Crippen molar-refractivity contribution in [2.75, 3.05) is 6.54 Å². The van der Waals surface area contributed by atoms with Crippen LogP contribution in [0.25, 0.3) is 0 Å². The summed E-state index contributed by atoms with van der Waals surface area (Å²) in [6, 6.07) is 9.29. The van der Waals surface area contributed by atoms with Crippen molar-refractivity contribution in [1.29, 1.82) is 0 Å². The highest BCUT2D eigenvalue weighted by molar-refractivity contribution is 9.10. The monoisotopic (exact) mass is 377 g/mol. The summed E-state index contributed by atoms with van der Waals surface area (Å²) in [5, 5.41) is 12.1. The molecule has 0 aliphatic heterocycles. The molecule has 1 amide bonds. The van der Waals surface area contributed by atoms with Gasteiger partial charge in [0.2, 0.25) is 5.60 Å². The minimum Gasteiger partial charge on any atom is -0.444 e. The Labute approximate surface area is 132 Å². The molecule has 0 saturated heterocycles. The van der Waals surface area contributed by atoms with E-state index in [2.05, 4.69) is 15.9 Å². The molecule has 1 aromatic heterocycles. The second kappa shape index (κ2) is 6.13. The zero-order valence-corrected chi connectivity index (χ0v) is 12.6. The summed E-state index contributed by atoms with van der Waals surface area (Å²) in [6.07, 6.45) is -4.95. The largest absolute Gasteiger partial charge is 0.444 e.